The van der Waals surface area contributed by atoms with Gasteiger partial charge in [0.15, 0.2) is 0 Å². The molecule has 12 heteroatoms. The van der Waals surface area contributed by atoms with E-state index in [1.54, 1.807) is 0 Å². The van der Waals surface area contributed by atoms with Crippen molar-refractivity contribution in [1.82, 2.24) is 21.3 Å². The highest BCUT2D eigenvalue weighted by molar-refractivity contribution is 5.92. The molecule has 0 saturated carbocycles. The van der Waals surface area contributed by atoms with Crippen molar-refractivity contribution in [2.24, 2.45) is 5.73 Å². The van der Waals surface area contributed by atoms with Gasteiger partial charge in [0.25, 0.3) is 5.97 Å². The van der Waals surface area contributed by atoms with Crippen LogP contribution in [-0.4, -0.2) is 77.6 Å². The standard InChI is InChI=1S/C22H33N5O5.C2H4O2/c23-11-5-4-9-17(22(31)32)26-19(28)14-25-20(29)18(13-15-7-2-1-3-8-15)27-21(30)16-10-6-12-24-16;1-2(3)4/h1-3,7-8,16-18,24H,4-6,9-14,23H2,(H,25,29)(H,26,28)(H,27,30)(H,31,32);1H3,(H,3,4). The Bertz CT molecular complexity index is 856. The van der Waals surface area contributed by atoms with Crippen LogP contribution in [0, 0.1) is 0 Å². The summed E-state index contributed by atoms with van der Waals surface area (Å²) in [6, 6.07) is 7.01. The number of carbonyl (C=O) groups is 5. The molecule has 1 fully saturated rings. The van der Waals surface area contributed by atoms with Gasteiger partial charge in [0.2, 0.25) is 17.7 Å². The number of hydrogen-bond donors (Lipinski definition) is 7. The molecule has 0 bridgehead atoms. The average molecular weight is 508 g/mol. The molecule has 200 valence electrons. The van der Waals surface area contributed by atoms with Crippen LogP contribution in [0.5, 0.6) is 0 Å². The monoisotopic (exact) mass is 507 g/mol. The van der Waals surface area contributed by atoms with E-state index in [0.717, 1.165) is 25.5 Å². The van der Waals surface area contributed by atoms with Gasteiger partial charge in [0.05, 0.1) is 12.6 Å². The molecule has 12 nitrogen and oxygen atoms in total. The van der Waals surface area contributed by atoms with E-state index in [9.17, 15) is 24.3 Å². The molecule has 1 aliphatic rings. The highest BCUT2D eigenvalue weighted by atomic mass is 16.4. The lowest BCUT2D eigenvalue weighted by atomic mass is 10.0. The molecule has 1 saturated heterocycles. The van der Waals surface area contributed by atoms with Gasteiger partial charge in [-0.05, 0) is 50.8 Å². The van der Waals surface area contributed by atoms with Crippen LogP contribution in [0.3, 0.4) is 0 Å². The molecular weight excluding hydrogens is 470 g/mol. The fourth-order valence-corrected chi connectivity index (χ4v) is 3.53. The molecule has 0 aromatic heterocycles. The van der Waals surface area contributed by atoms with Gasteiger partial charge in [0.1, 0.15) is 12.1 Å². The van der Waals surface area contributed by atoms with Crippen LogP contribution < -0.4 is 27.0 Å². The fourth-order valence-electron chi connectivity index (χ4n) is 3.53. The summed E-state index contributed by atoms with van der Waals surface area (Å²) in [6.07, 6.45) is 3.35. The first kappa shape index (κ1) is 30.5. The lowest BCUT2D eigenvalue weighted by Crippen LogP contribution is -2.54. The third-order valence-corrected chi connectivity index (χ3v) is 5.30. The van der Waals surface area contributed by atoms with Gasteiger partial charge in [-0.1, -0.05) is 30.3 Å². The van der Waals surface area contributed by atoms with E-state index in [1.807, 2.05) is 30.3 Å². The maximum absolute atomic E-state index is 12.8. The van der Waals surface area contributed by atoms with Crippen LogP contribution in [0.4, 0.5) is 0 Å². The summed E-state index contributed by atoms with van der Waals surface area (Å²) >= 11 is 0. The Morgan fingerprint density at radius 1 is 1.06 bits per heavy atom. The van der Waals surface area contributed by atoms with E-state index < -0.39 is 35.8 Å². The topological polar surface area (TPSA) is 200 Å². The van der Waals surface area contributed by atoms with Crippen LogP contribution in [0.25, 0.3) is 0 Å². The highest BCUT2D eigenvalue weighted by Gasteiger charge is 2.28. The maximum Gasteiger partial charge on any atom is 0.326 e. The van der Waals surface area contributed by atoms with Gasteiger partial charge in [-0.25, -0.2) is 4.79 Å². The second-order valence-electron chi connectivity index (χ2n) is 8.38. The number of carboxylic acid groups (broad SMARTS) is 2. The molecular formula is C24H37N5O7. The molecule has 1 aromatic carbocycles. The SMILES string of the molecule is CC(=O)O.NCCCCC(NC(=O)CNC(=O)C(Cc1ccccc1)NC(=O)C1CCCN1)C(=O)O. The number of carbonyl (C=O) groups excluding carboxylic acids is 3. The number of nitrogens with one attached hydrogen (secondary N) is 4. The van der Waals surface area contributed by atoms with Crippen LogP contribution in [-0.2, 0) is 30.4 Å². The number of unbranched alkanes of at least 4 members (excludes halogenated alkanes) is 1. The van der Waals surface area contributed by atoms with Crippen molar-refractivity contribution in [2.75, 3.05) is 19.6 Å². The lowest BCUT2D eigenvalue weighted by molar-refractivity contribution is -0.142. The van der Waals surface area contributed by atoms with E-state index in [0.29, 0.717) is 25.8 Å². The zero-order valence-corrected chi connectivity index (χ0v) is 20.5. The predicted octanol–water partition coefficient (Wildman–Crippen LogP) is -0.629. The third kappa shape index (κ3) is 12.8. The molecule has 36 heavy (non-hydrogen) atoms. The van der Waals surface area contributed by atoms with Gasteiger partial charge in [-0.3, -0.25) is 19.2 Å². The Labute approximate surface area is 210 Å². The minimum atomic E-state index is -1.14. The van der Waals surface area contributed by atoms with Crippen LogP contribution in [0.15, 0.2) is 30.3 Å². The first-order valence-corrected chi connectivity index (χ1v) is 11.9. The smallest absolute Gasteiger partial charge is 0.326 e. The third-order valence-electron chi connectivity index (χ3n) is 5.30. The van der Waals surface area contributed by atoms with Crippen molar-refractivity contribution < 1.29 is 34.2 Å². The van der Waals surface area contributed by atoms with Crippen molar-refractivity contribution in [2.45, 2.75) is 63.6 Å². The summed E-state index contributed by atoms with van der Waals surface area (Å²) in [6.45, 7) is 1.90. The summed E-state index contributed by atoms with van der Waals surface area (Å²) in [5.74, 6) is -3.35. The molecule has 3 unspecified atom stereocenters. The second-order valence-corrected chi connectivity index (χ2v) is 8.38. The molecule has 3 amide bonds. The van der Waals surface area contributed by atoms with E-state index in [-0.39, 0.29) is 31.3 Å². The Balaban J connectivity index is 0.00000150. The number of carboxylic acids is 2. The van der Waals surface area contributed by atoms with Crippen LogP contribution in [0.1, 0.15) is 44.6 Å². The molecule has 1 aromatic rings. The molecule has 0 spiro atoms. The summed E-state index contributed by atoms with van der Waals surface area (Å²) in [5, 5.41) is 27.5. The number of hydrogen-bond acceptors (Lipinski definition) is 7. The number of amides is 3. The Morgan fingerprint density at radius 3 is 2.28 bits per heavy atom. The molecule has 1 aliphatic heterocycles. The number of rotatable bonds is 13. The zero-order valence-electron chi connectivity index (χ0n) is 20.5. The Kier molecular flexibility index (Phi) is 14.4. The largest absolute Gasteiger partial charge is 0.481 e. The molecule has 3 atom stereocenters. The molecule has 0 aliphatic carbocycles. The molecule has 1 heterocycles. The number of aliphatic carboxylic acids is 2. The maximum atomic E-state index is 12.8. The van der Waals surface area contributed by atoms with Crippen LogP contribution >= 0.6 is 0 Å². The van der Waals surface area contributed by atoms with Crippen molar-refractivity contribution in [1.29, 1.82) is 0 Å². The van der Waals surface area contributed by atoms with E-state index in [1.165, 1.54) is 0 Å². The summed E-state index contributed by atoms with van der Waals surface area (Å²) < 4.78 is 0. The van der Waals surface area contributed by atoms with Crippen LogP contribution in [0.2, 0.25) is 0 Å². The fraction of sp³-hybridized carbons (Fsp3) is 0.542. The van der Waals surface area contributed by atoms with Crippen molar-refractivity contribution >= 4 is 29.7 Å². The van der Waals surface area contributed by atoms with E-state index in [2.05, 4.69) is 21.3 Å². The number of benzene rings is 1. The summed E-state index contributed by atoms with van der Waals surface area (Å²) in [5.41, 5.74) is 6.28. The average Bonchev–Trinajstić information content (AvgIpc) is 3.37. The number of nitrogens with two attached hydrogens (primary N) is 1. The van der Waals surface area contributed by atoms with E-state index in [4.69, 9.17) is 15.6 Å². The van der Waals surface area contributed by atoms with Crippen molar-refractivity contribution in [3.05, 3.63) is 35.9 Å². The van der Waals surface area contributed by atoms with Crippen molar-refractivity contribution in [3.8, 4) is 0 Å². The van der Waals surface area contributed by atoms with Gasteiger partial charge >= 0.3 is 5.97 Å². The minimum absolute atomic E-state index is 0.256. The highest BCUT2D eigenvalue weighted by Crippen LogP contribution is 2.08. The van der Waals surface area contributed by atoms with Gasteiger partial charge in [-0.15, -0.1) is 0 Å². The minimum Gasteiger partial charge on any atom is -0.481 e. The molecule has 8 N–H and O–H groups in total. The Hall–Kier alpha value is -3.51. The zero-order chi connectivity index (χ0) is 26.9. The summed E-state index contributed by atoms with van der Waals surface area (Å²) in [4.78, 5) is 57.8. The normalized spacial score (nSPS) is 16.0. The predicted molar refractivity (Wildman–Crippen MR) is 132 cm³/mol. The van der Waals surface area contributed by atoms with Crippen molar-refractivity contribution in [3.63, 3.8) is 0 Å². The van der Waals surface area contributed by atoms with E-state index >= 15 is 0 Å². The first-order chi connectivity index (χ1) is 17.1. The lowest BCUT2D eigenvalue weighted by Gasteiger charge is -2.21. The Morgan fingerprint density at radius 2 is 1.72 bits per heavy atom. The van der Waals surface area contributed by atoms with Gasteiger partial charge in [-0.2, -0.15) is 0 Å². The quantitative estimate of drug-likeness (QED) is 0.170. The second kappa shape index (κ2) is 17.0. The van der Waals surface area contributed by atoms with Gasteiger partial charge < -0.3 is 37.2 Å². The van der Waals surface area contributed by atoms with Gasteiger partial charge in [0, 0.05) is 13.3 Å². The molecule has 2 rings (SSSR count). The molecule has 0 radical (unpaired) electrons. The first-order valence-electron chi connectivity index (χ1n) is 11.9. The summed E-state index contributed by atoms with van der Waals surface area (Å²) in [7, 11) is 0.